The predicted octanol–water partition coefficient (Wildman–Crippen LogP) is 3.01. The summed E-state index contributed by atoms with van der Waals surface area (Å²) in [7, 11) is 0. The fraction of sp³-hybridized carbons (Fsp3) is 0.316. The Morgan fingerprint density at radius 3 is 2.84 bits per heavy atom. The first-order valence-corrected chi connectivity index (χ1v) is 8.68. The molecule has 1 aromatic carbocycles. The van der Waals surface area contributed by atoms with Crippen molar-refractivity contribution in [1.82, 2.24) is 20.5 Å². The fourth-order valence-corrected chi connectivity index (χ4v) is 3.42. The molecule has 3 aromatic rings. The molecule has 0 spiro atoms. The molecule has 2 aromatic heterocycles. The molecule has 1 fully saturated rings. The fourth-order valence-electron chi connectivity index (χ4n) is 3.42. The number of fused-ring (bicyclic) bond motifs is 1. The molecule has 0 bridgehead atoms. The number of rotatable bonds is 4. The number of carbonyl (C=O) groups excluding carboxylic acids is 1. The lowest BCUT2D eigenvalue weighted by Gasteiger charge is -2.27. The third-order valence-electron chi connectivity index (χ3n) is 4.76. The van der Waals surface area contributed by atoms with E-state index < -0.39 is 0 Å². The molecule has 0 aliphatic carbocycles. The van der Waals surface area contributed by atoms with Crippen molar-refractivity contribution in [3.63, 3.8) is 0 Å². The average molecular weight is 335 g/mol. The Morgan fingerprint density at radius 2 is 2.04 bits per heavy atom. The highest BCUT2D eigenvalue weighted by molar-refractivity contribution is 6.02. The Bertz CT molecular complexity index is 854. The Balaban J connectivity index is 1.67. The Kier molecular flexibility index (Phi) is 4.43. The number of hydrogen-bond acceptors (Lipinski definition) is 4. The zero-order valence-corrected chi connectivity index (χ0v) is 14.0. The van der Waals surface area contributed by atoms with E-state index >= 15 is 0 Å². The monoisotopic (exact) mass is 335 g/mol. The Hall–Kier alpha value is -2.73. The second kappa shape index (κ2) is 7.03. The van der Waals surface area contributed by atoms with Gasteiger partial charge in [0.25, 0.3) is 0 Å². The number of piperidine rings is 1. The van der Waals surface area contributed by atoms with Crippen molar-refractivity contribution in [2.24, 2.45) is 5.92 Å². The standard InChI is InChI=1S/C19H21N5O/c25-19(10-14-5-8-20-9-6-14)24(17-2-1-7-21-13-17)16-3-4-18-15(11-16)12-22-23-18/h1-4,7,11-14,20H,5-6,8-10H2,(H,22,23). The normalized spacial score (nSPS) is 15.4. The van der Waals surface area contributed by atoms with E-state index in [2.05, 4.69) is 20.5 Å². The quantitative estimate of drug-likeness (QED) is 0.769. The summed E-state index contributed by atoms with van der Waals surface area (Å²) in [6.45, 7) is 1.98. The minimum absolute atomic E-state index is 0.114. The largest absolute Gasteiger partial charge is 0.317 e. The number of nitrogens with zero attached hydrogens (tertiary/aromatic N) is 3. The SMILES string of the molecule is O=C(CC1CCNCC1)N(c1cccnc1)c1ccc2[nH]ncc2c1. The van der Waals surface area contributed by atoms with Crippen molar-refractivity contribution >= 4 is 28.2 Å². The zero-order chi connectivity index (χ0) is 17.1. The number of pyridine rings is 1. The maximum Gasteiger partial charge on any atom is 0.231 e. The van der Waals surface area contributed by atoms with Crippen molar-refractivity contribution in [3.05, 3.63) is 48.9 Å². The molecule has 128 valence electrons. The summed E-state index contributed by atoms with van der Waals surface area (Å²) >= 11 is 0. The minimum atomic E-state index is 0.114. The number of benzene rings is 1. The molecule has 1 amide bonds. The van der Waals surface area contributed by atoms with E-state index in [9.17, 15) is 4.79 Å². The molecular weight excluding hydrogens is 314 g/mol. The Morgan fingerprint density at radius 1 is 1.16 bits per heavy atom. The van der Waals surface area contributed by atoms with Gasteiger partial charge in [-0.05, 0) is 62.2 Å². The molecular formula is C19H21N5O. The maximum absolute atomic E-state index is 13.1. The number of nitrogens with one attached hydrogen (secondary N) is 2. The molecule has 0 unspecified atom stereocenters. The number of amides is 1. The summed E-state index contributed by atoms with van der Waals surface area (Å²) < 4.78 is 0. The van der Waals surface area contributed by atoms with Crippen LogP contribution in [0.15, 0.2) is 48.9 Å². The van der Waals surface area contributed by atoms with Gasteiger partial charge in [-0.2, -0.15) is 5.10 Å². The van der Waals surface area contributed by atoms with E-state index in [-0.39, 0.29) is 5.91 Å². The first-order valence-electron chi connectivity index (χ1n) is 8.68. The number of aromatic amines is 1. The summed E-state index contributed by atoms with van der Waals surface area (Å²) in [5.41, 5.74) is 2.60. The van der Waals surface area contributed by atoms with E-state index in [1.54, 1.807) is 23.5 Å². The van der Waals surface area contributed by atoms with E-state index in [0.717, 1.165) is 48.2 Å². The lowest BCUT2D eigenvalue weighted by molar-refractivity contribution is -0.119. The van der Waals surface area contributed by atoms with E-state index in [1.807, 2.05) is 30.3 Å². The molecule has 1 aliphatic heterocycles. The second-order valence-corrected chi connectivity index (χ2v) is 6.48. The van der Waals surface area contributed by atoms with E-state index in [0.29, 0.717) is 12.3 Å². The molecule has 6 nitrogen and oxygen atoms in total. The van der Waals surface area contributed by atoms with Crippen molar-refractivity contribution in [2.75, 3.05) is 18.0 Å². The van der Waals surface area contributed by atoms with Crippen LogP contribution in [0.4, 0.5) is 11.4 Å². The average Bonchev–Trinajstić information content (AvgIpc) is 3.11. The third kappa shape index (κ3) is 3.39. The summed E-state index contributed by atoms with van der Waals surface area (Å²) in [6, 6.07) is 9.68. The molecule has 3 heterocycles. The number of anilines is 2. The van der Waals surface area contributed by atoms with Gasteiger partial charge in [-0.3, -0.25) is 19.8 Å². The lowest BCUT2D eigenvalue weighted by Crippen LogP contribution is -2.33. The smallest absolute Gasteiger partial charge is 0.231 e. The highest BCUT2D eigenvalue weighted by atomic mass is 16.2. The van der Waals surface area contributed by atoms with Crippen molar-refractivity contribution in [3.8, 4) is 0 Å². The number of hydrogen-bond donors (Lipinski definition) is 2. The lowest BCUT2D eigenvalue weighted by atomic mass is 9.94. The molecule has 1 saturated heterocycles. The van der Waals surface area contributed by atoms with Gasteiger partial charge in [0, 0.05) is 23.7 Å². The summed E-state index contributed by atoms with van der Waals surface area (Å²) in [5, 5.41) is 11.4. The highest BCUT2D eigenvalue weighted by Crippen LogP contribution is 2.30. The molecule has 4 rings (SSSR count). The summed E-state index contributed by atoms with van der Waals surface area (Å²) in [4.78, 5) is 19.1. The first-order chi connectivity index (χ1) is 12.3. The molecule has 2 N–H and O–H groups in total. The van der Waals surface area contributed by atoms with Crippen LogP contribution >= 0.6 is 0 Å². The van der Waals surface area contributed by atoms with Gasteiger partial charge in [-0.15, -0.1) is 0 Å². The molecule has 0 radical (unpaired) electrons. The summed E-state index contributed by atoms with van der Waals surface area (Å²) in [5.74, 6) is 0.549. The van der Waals surface area contributed by atoms with Crippen LogP contribution in [0.1, 0.15) is 19.3 Å². The first kappa shape index (κ1) is 15.8. The molecule has 6 heteroatoms. The van der Waals surface area contributed by atoms with Gasteiger partial charge in [0.2, 0.25) is 5.91 Å². The minimum Gasteiger partial charge on any atom is -0.317 e. The van der Waals surface area contributed by atoms with Gasteiger partial charge in [-0.1, -0.05) is 0 Å². The second-order valence-electron chi connectivity index (χ2n) is 6.48. The van der Waals surface area contributed by atoms with Gasteiger partial charge in [0.05, 0.1) is 23.6 Å². The maximum atomic E-state index is 13.1. The van der Waals surface area contributed by atoms with Gasteiger partial charge < -0.3 is 5.32 Å². The van der Waals surface area contributed by atoms with Crippen LogP contribution < -0.4 is 10.2 Å². The highest BCUT2D eigenvalue weighted by Gasteiger charge is 2.23. The van der Waals surface area contributed by atoms with Crippen molar-refractivity contribution in [1.29, 1.82) is 0 Å². The molecule has 0 atom stereocenters. The number of carbonyl (C=O) groups is 1. The number of H-pyrrole nitrogens is 1. The summed E-state index contributed by atoms with van der Waals surface area (Å²) in [6.07, 6.45) is 7.89. The topological polar surface area (TPSA) is 73.9 Å². The van der Waals surface area contributed by atoms with E-state index in [4.69, 9.17) is 0 Å². The predicted molar refractivity (Wildman–Crippen MR) is 97.7 cm³/mol. The molecule has 0 saturated carbocycles. The van der Waals surface area contributed by atoms with Gasteiger partial charge in [0.1, 0.15) is 0 Å². The van der Waals surface area contributed by atoms with E-state index in [1.165, 1.54) is 0 Å². The van der Waals surface area contributed by atoms with Crippen LogP contribution in [0.25, 0.3) is 10.9 Å². The molecule has 1 aliphatic rings. The van der Waals surface area contributed by atoms with Crippen molar-refractivity contribution in [2.45, 2.75) is 19.3 Å². The van der Waals surface area contributed by atoms with Gasteiger partial charge in [-0.25, -0.2) is 0 Å². The van der Waals surface area contributed by atoms with Gasteiger partial charge in [0.15, 0.2) is 0 Å². The van der Waals surface area contributed by atoms with Crippen LogP contribution in [-0.2, 0) is 4.79 Å². The number of aromatic nitrogens is 3. The van der Waals surface area contributed by atoms with Crippen LogP contribution in [-0.4, -0.2) is 34.2 Å². The van der Waals surface area contributed by atoms with Crippen molar-refractivity contribution < 1.29 is 4.79 Å². The van der Waals surface area contributed by atoms with Crippen LogP contribution in [0.2, 0.25) is 0 Å². The van der Waals surface area contributed by atoms with Crippen LogP contribution in [0.5, 0.6) is 0 Å². The Labute approximate surface area is 146 Å². The molecule has 25 heavy (non-hydrogen) atoms. The van der Waals surface area contributed by atoms with Crippen LogP contribution in [0.3, 0.4) is 0 Å². The van der Waals surface area contributed by atoms with Crippen LogP contribution in [0, 0.1) is 5.92 Å². The third-order valence-corrected chi connectivity index (χ3v) is 4.76. The van der Waals surface area contributed by atoms with Gasteiger partial charge >= 0.3 is 0 Å². The zero-order valence-electron chi connectivity index (χ0n) is 14.0.